The number of nitriles is 1. The van der Waals surface area contributed by atoms with Gasteiger partial charge in [-0.25, -0.2) is 13.1 Å². The smallest absolute Gasteiger partial charge is 0.240 e. The molecule has 0 aliphatic carbocycles. The minimum Gasteiger partial charge on any atom is -0.276 e. The molecule has 0 spiro atoms. The van der Waals surface area contributed by atoms with Gasteiger partial charge in [0.15, 0.2) is 0 Å². The molecule has 1 heterocycles. The maximum Gasteiger partial charge on any atom is 0.240 e. The molecule has 0 fully saturated rings. The van der Waals surface area contributed by atoms with E-state index in [1.165, 1.54) is 12.1 Å². The number of nitrogens with zero attached hydrogens (tertiary/aromatic N) is 3. The van der Waals surface area contributed by atoms with Crippen molar-refractivity contribution in [1.29, 1.82) is 5.26 Å². The van der Waals surface area contributed by atoms with E-state index in [0.717, 1.165) is 11.3 Å². The van der Waals surface area contributed by atoms with Crippen molar-refractivity contribution >= 4 is 10.0 Å². The molecule has 1 N–H and O–H groups in total. The molecule has 0 saturated heterocycles. The summed E-state index contributed by atoms with van der Waals surface area (Å²) < 4.78 is 28.4. The Labute approximate surface area is 124 Å². The molecule has 21 heavy (non-hydrogen) atoms. The topological polar surface area (TPSA) is 87.8 Å². The van der Waals surface area contributed by atoms with Crippen LogP contribution in [0.2, 0.25) is 0 Å². The van der Waals surface area contributed by atoms with Gasteiger partial charge in [0, 0.05) is 26.2 Å². The van der Waals surface area contributed by atoms with Crippen molar-refractivity contribution in [2.75, 3.05) is 6.54 Å². The van der Waals surface area contributed by atoms with Gasteiger partial charge < -0.3 is 0 Å². The summed E-state index contributed by atoms with van der Waals surface area (Å²) in [6.45, 7) is 0.291. The number of rotatable bonds is 6. The Bertz CT molecular complexity index is 742. The molecule has 0 unspecified atom stereocenters. The highest BCUT2D eigenvalue weighted by Crippen LogP contribution is 2.10. The van der Waals surface area contributed by atoms with E-state index in [2.05, 4.69) is 9.82 Å². The molecule has 0 saturated carbocycles. The lowest BCUT2D eigenvalue weighted by Crippen LogP contribution is -2.26. The average molecular weight is 304 g/mol. The Hall–Kier alpha value is -2.17. The van der Waals surface area contributed by atoms with Crippen LogP contribution >= 0.6 is 0 Å². The number of aromatic nitrogens is 2. The van der Waals surface area contributed by atoms with E-state index in [1.807, 2.05) is 25.4 Å². The second kappa shape index (κ2) is 6.52. The number of nitrogens with one attached hydrogen (secondary N) is 1. The Morgan fingerprint density at radius 3 is 2.57 bits per heavy atom. The first-order valence-corrected chi connectivity index (χ1v) is 7.93. The summed E-state index contributed by atoms with van der Waals surface area (Å²) in [5.74, 6) is 0. The lowest BCUT2D eigenvalue weighted by atomic mass is 10.2. The maximum absolute atomic E-state index is 12.1. The van der Waals surface area contributed by atoms with Crippen molar-refractivity contribution in [2.45, 2.75) is 17.7 Å². The van der Waals surface area contributed by atoms with E-state index in [4.69, 9.17) is 5.26 Å². The largest absolute Gasteiger partial charge is 0.276 e. The molecule has 1 aromatic carbocycles. The van der Waals surface area contributed by atoms with E-state index >= 15 is 0 Å². The number of benzene rings is 1. The fraction of sp³-hybridized carbons (Fsp3) is 0.286. The second-order valence-electron chi connectivity index (χ2n) is 4.61. The third kappa shape index (κ3) is 4.15. The fourth-order valence-corrected chi connectivity index (χ4v) is 2.90. The van der Waals surface area contributed by atoms with Gasteiger partial charge in [0.05, 0.1) is 23.1 Å². The van der Waals surface area contributed by atoms with Crippen molar-refractivity contribution in [3.05, 3.63) is 47.8 Å². The van der Waals surface area contributed by atoms with Gasteiger partial charge in [-0.2, -0.15) is 10.4 Å². The molecule has 0 atom stereocenters. The molecule has 0 aliphatic heterocycles. The molecule has 0 aliphatic rings. The van der Waals surface area contributed by atoms with E-state index in [-0.39, 0.29) is 11.3 Å². The molecule has 2 rings (SSSR count). The summed E-state index contributed by atoms with van der Waals surface area (Å²) in [7, 11) is -1.71. The standard InChI is InChI=1S/C14H16N4O2S/c1-18-11-8-13(17-18)7-10-16-21(19,20)14-4-2-12(3-5-14)6-9-15/h2-5,8,11,16H,6-7,10H2,1H3. The van der Waals surface area contributed by atoms with Crippen molar-refractivity contribution in [3.63, 3.8) is 0 Å². The third-order valence-electron chi connectivity index (χ3n) is 2.96. The Kier molecular flexibility index (Phi) is 4.73. The molecule has 7 heteroatoms. The Morgan fingerprint density at radius 2 is 2.00 bits per heavy atom. The number of hydrogen-bond acceptors (Lipinski definition) is 4. The van der Waals surface area contributed by atoms with Crippen LogP contribution in [0.3, 0.4) is 0 Å². The van der Waals surface area contributed by atoms with Crippen LogP contribution in [0.5, 0.6) is 0 Å². The lowest BCUT2D eigenvalue weighted by molar-refractivity contribution is 0.581. The van der Waals surface area contributed by atoms with Gasteiger partial charge in [0.25, 0.3) is 0 Å². The maximum atomic E-state index is 12.1. The monoisotopic (exact) mass is 304 g/mol. The highest BCUT2D eigenvalue weighted by Gasteiger charge is 2.13. The normalized spacial score (nSPS) is 11.2. The highest BCUT2D eigenvalue weighted by atomic mass is 32.2. The van der Waals surface area contributed by atoms with Gasteiger partial charge in [-0.3, -0.25) is 4.68 Å². The molecule has 0 bridgehead atoms. The minimum atomic E-state index is -3.52. The van der Waals surface area contributed by atoms with Crippen LogP contribution in [0.1, 0.15) is 11.3 Å². The van der Waals surface area contributed by atoms with Crippen LogP contribution in [0.25, 0.3) is 0 Å². The summed E-state index contributed by atoms with van der Waals surface area (Å²) in [6, 6.07) is 10.2. The van der Waals surface area contributed by atoms with Crippen LogP contribution in [-0.2, 0) is 29.9 Å². The first kappa shape index (κ1) is 15.2. The number of hydrogen-bond donors (Lipinski definition) is 1. The van der Waals surface area contributed by atoms with Gasteiger partial charge in [0.2, 0.25) is 10.0 Å². The Morgan fingerprint density at radius 1 is 1.29 bits per heavy atom. The van der Waals surface area contributed by atoms with Crippen molar-refractivity contribution in [2.24, 2.45) is 7.05 Å². The van der Waals surface area contributed by atoms with Gasteiger partial charge >= 0.3 is 0 Å². The van der Waals surface area contributed by atoms with Gasteiger partial charge in [0.1, 0.15) is 0 Å². The van der Waals surface area contributed by atoms with Gasteiger partial charge in [-0.1, -0.05) is 12.1 Å². The van der Waals surface area contributed by atoms with Crippen molar-refractivity contribution in [1.82, 2.24) is 14.5 Å². The van der Waals surface area contributed by atoms with Crippen LogP contribution in [0.4, 0.5) is 0 Å². The van der Waals surface area contributed by atoms with Crippen LogP contribution in [0, 0.1) is 11.3 Å². The quantitative estimate of drug-likeness (QED) is 0.862. The van der Waals surface area contributed by atoms with E-state index < -0.39 is 10.0 Å². The van der Waals surface area contributed by atoms with Crippen LogP contribution in [0.15, 0.2) is 41.4 Å². The number of sulfonamides is 1. The average Bonchev–Trinajstić information content (AvgIpc) is 2.85. The summed E-state index contributed by atoms with van der Waals surface area (Å²) in [6.07, 6.45) is 2.62. The molecule has 1 aromatic heterocycles. The third-order valence-corrected chi connectivity index (χ3v) is 4.44. The number of aryl methyl sites for hydroxylation is 1. The predicted molar refractivity (Wildman–Crippen MR) is 77.9 cm³/mol. The van der Waals surface area contributed by atoms with E-state index in [0.29, 0.717) is 13.0 Å². The zero-order valence-corrected chi connectivity index (χ0v) is 12.5. The SMILES string of the molecule is Cn1ccc(CCNS(=O)(=O)c2ccc(CC#N)cc2)n1. The molecule has 110 valence electrons. The molecular formula is C14H16N4O2S. The van der Waals surface area contributed by atoms with Gasteiger partial charge in [-0.15, -0.1) is 0 Å². The summed E-state index contributed by atoms with van der Waals surface area (Å²) in [5.41, 5.74) is 1.63. The van der Waals surface area contributed by atoms with E-state index in [9.17, 15) is 8.42 Å². The van der Waals surface area contributed by atoms with Crippen molar-refractivity contribution in [3.8, 4) is 6.07 Å². The first-order chi connectivity index (χ1) is 10.0. The minimum absolute atomic E-state index is 0.199. The zero-order chi connectivity index (χ0) is 15.3. The zero-order valence-electron chi connectivity index (χ0n) is 11.7. The molecule has 0 radical (unpaired) electrons. The van der Waals surface area contributed by atoms with Gasteiger partial charge in [-0.05, 0) is 23.8 Å². The second-order valence-corrected chi connectivity index (χ2v) is 6.37. The van der Waals surface area contributed by atoms with E-state index in [1.54, 1.807) is 16.8 Å². The lowest BCUT2D eigenvalue weighted by Gasteiger charge is -2.06. The molecule has 6 nitrogen and oxygen atoms in total. The summed E-state index contributed by atoms with van der Waals surface area (Å²) >= 11 is 0. The van der Waals surface area contributed by atoms with Crippen LogP contribution in [-0.4, -0.2) is 24.7 Å². The predicted octanol–water partition coefficient (Wildman–Crippen LogP) is 1.01. The summed E-state index contributed by atoms with van der Waals surface area (Å²) in [5, 5.41) is 12.8. The molecular weight excluding hydrogens is 288 g/mol. The summed E-state index contributed by atoms with van der Waals surface area (Å²) in [4.78, 5) is 0.199. The Balaban J connectivity index is 1.96. The molecule has 0 amide bonds. The first-order valence-electron chi connectivity index (χ1n) is 6.45. The van der Waals surface area contributed by atoms with Crippen molar-refractivity contribution < 1.29 is 8.42 Å². The van der Waals surface area contributed by atoms with Crippen LogP contribution < -0.4 is 4.72 Å². The molecule has 2 aromatic rings. The highest BCUT2D eigenvalue weighted by molar-refractivity contribution is 7.89. The fourth-order valence-electron chi connectivity index (χ4n) is 1.87.